The Bertz CT molecular complexity index is 383. The van der Waals surface area contributed by atoms with Crippen LogP contribution in [-0.2, 0) is 0 Å². The summed E-state index contributed by atoms with van der Waals surface area (Å²) in [7, 11) is 0. The van der Waals surface area contributed by atoms with E-state index in [1.165, 1.54) is 6.07 Å². The molecule has 0 saturated carbocycles. The summed E-state index contributed by atoms with van der Waals surface area (Å²) in [5, 5.41) is 8.89. The summed E-state index contributed by atoms with van der Waals surface area (Å²) >= 11 is 0. The Balaban J connectivity index is -0.000000750. The Kier molecular flexibility index (Phi) is 7.00. The van der Waals surface area contributed by atoms with Crippen molar-refractivity contribution < 1.29 is 17.5 Å². The minimum absolute atomic E-state index is 0. The molecule has 0 aliphatic heterocycles. The Morgan fingerprint density at radius 3 is 2.31 bits per heavy atom. The summed E-state index contributed by atoms with van der Waals surface area (Å²) in [6.07, 6.45) is 2.15. The number of Topliss-reactive ketones (excluding diaryl/α,β-unsaturated/α-hetero) is 1. The smallest absolute Gasteiger partial charge is 1.00 e. The largest absolute Gasteiger partial charge is 2.00 e. The summed E-state index contributed by atoms with van der Waals surface area (Å²) in [4.78, 5) is 22.5. The van der Waals surface area contributed by atoms with Gasteiger partial charge in [0.05, 0.1) is 5.56 Å². The van der Waals surface area contributed by atoms with E-state index in [9.17, 15) is 9.59 Å². The van der Waals surface area contributed by atoms with Gasteiger partial charge in [-0.1, -0.05) is 31.5 Å². The number of carboxylic acids is 1. The quantitative estimate of drug-likeness (QED) is 0.627. The Morgan fingerprint density at radius 1 is 1.25 bits per heavy atom. The van der Waals surface area contributed by atoms with E-state index in [-0.39, 0.29) is 37.3 Å². The van der Waals surface area contributed by atoms with Gasteiger partial charge in [0.25, 0.3) is 0 Å². The molecule has 1 rings (SSSR count). The molecule has 3 nitrogen and oxygen atoms in total. The van der Waals surface area contributed by atoms with Gasteiger partial charge in [0, 0.05) is 12.0 Å². The predicted molar refractivity (Wildman–Crippen MR) is 65.2 cm³/mol. The Hall–Kier alpha value is -0.874. The molecule has 1 N–H and O–H groups in total. The summed E-state index contributed by atoms with van der Waals surface area (Å²) in [5.41, 5.74) is 0.414. The maximum absolute atomic E-state index is 11.7. The van der Waals surface area contributed by atoms with Crippen molar-refractivity contribution in [2.75, 3.05) is 0 Å². The summed E-state index contributed by atoms with van der Waals surface area (Å²) in [5.74, 6) is -1.13. The molecule has 0 saturated heterocycles. The van der Waals surface area contributed by atoms with E-state index in [1.807, 2.05) is 6.92 Å². The van der Waals surface area contributed by atoms with E-state index in [0.29, 0.717) is 12.0 Å². The topological polar surface area (TPSA) is 54.4 Å². The Morgan fingerprint density at radius 2 is 1.81 bits per heavy atom. The van der Waals surface area contributed by atoms with Crippen molar-refractivity contribution in [1.29, 1.82) is 0 Å². The molecule has 0 atom stereocenters. The third-order valence-corrected chi connectivity index (χ3v) is 2.22. The van der Waals surface area contributed by atoms with Gasteiger partial charge in [-0.2, -0.15) is 0 Å². The van der Waals surface area contributed by atoms with Crippen LogP contribution in [0.3, 0.4) is 0 Å². The van der Waals surface area contributed by atoms with Crippen molar-refractivity contribution in [3.05, 3.63) is 35.4 Å². The van der Waals surface area contributed by atoms with Crippen LogP contribution >= 0.6 is 0 Å². The zero-order valence-electron chi connectivity index (χ0n) is 11.4. The van der Waals surface area contributed by atoms with Crippen LogP contribution in [0.5, 0.6) is 0 Å². The monoisotopic (exact) mass is 232 g/mol. The van der Waals surface area contributed by atoms with E-state index < -0.39 is 5.97 Å². The SMILES string of the molecule is CCCCC(=O)c1ccccc1C(=O)O.[H-].[H-].[Mg+2]. The molecule has 0 aliphatic rings. The molecule has 0 unspecified atom stereocenters. The van der Waals surface area contributed by atoms with Crippen molar-refractivity contribution >= 4 is 34.8 Å². The molecule has 0 bridgehead atoms. The molecule has 0 spiro atoms. The molecule has 0 radical (unpaired) electrons. The normalized spacial score (nSPS) is 9.31. The molecule has 1 aromatic rings. The van der Waals surface area contributed by atoms with E-state index >= 15 is 0 Å². The molecular formula is C12H16MgO3. The van der Waals surface area contributed by atoms with Crippen molar-refractivity contribution in [2.45, 2.75) is 26.2 Å². The number of carbonyl (C=O) groups is 2. The van der Waals surface area contributed by atoms with E-state index in [0.717, 1.165) is 12.8 Å². The third-order valence-electron chi connectivity index (χ3n) is 2.22. The molecule has 0 fully saturated rings. The fourth-order valence-corrected chi connectivity index (χ4v) is 1.38. The maximum atomic E-state index is 11.7. The maximum Gasteiger partial charge on any atom is 2.00 e. The van der Waals surface area contributed by atoms with Crippen LogP contribution in [0.1, 0.15) is 49.8 Å². The first kappa shape index (κ1) is 15.1. The van der Waals surface area contributed by atoms with E-state index in [1.54, 1.807) is 18.2 Å². The van der Waals surface area contributed by atoms with Gasteiger partial charge in [0.1, 0.15) is 0 Å². The van der Waals surface area contributed by atoms with Gasteiger partial charge in [-0.05, 0) is 12.5 Å². The van der Waals surface area contributed by atoms with Crippen LogP contribution < -0.4 is 0 Å². The number of ketones is 1. The van der Waals surface area contributed by atoms with Crippen LogP contribution in [0, 0.1) is 0 Å². The number of benzene rings is 1. The Labute approximate surface area is 114 Å². The first-order valence-electron chi connectivity index (χ1n) is 5.02. The zero-order valence-corrected chi connectivity index (χ0v) is 10.8. The van der Waals surface area contributed by atoms with Crippen molar-refractivity contribution in [2.24, 2.45) is 0 Å². The molecule has 4 heteroatoms. The second-order valence-electron chi connectivity index (χ2n) is 3.38. The fourth-order valence-electron chi connectivity index (χ4n) is 1.38. The number of carbonyl (C=O) groups excluding carboxylic acids is 1. The van der Waals surface area contributed by atoms with Crippen LogP contribution in [0.2, 0.25) is 0 Å². The molecular weight excluding hydrogens is 216 g/mol. The first-order valence-corrected chi connectivity index (χ1v) is 5.02. The van der Waals surface area contributed by atoms with Gasteiger partial charge in [-0.15, -0.1) is 0 Å². The van der Waals surface area contributed by atoms with Crippen molar-refractivity contribution in [3.63, 3.8) is 0 Å². The van der Waals surface area contributed by atoms with Gasteiger partial charge in [0.15, 0.2) is 5.78 Å². The van der Waals surface area contributed by atoms with Crippen molar-refractivity contribution in [3.8, 4) is 0 Å². The van der Waals surface area contributed by atoms with Gasteiger partial charge in [-0.25, -0.2) is 4.79 Å². The number of aromatic carboxylic acids is 1. The average Bonchev–Trinajstić information content (AvgIpc) is 2.25. The van der Waals surface area contributed by atoms with Gasteiger partial charge >= 0.3 is 29.0 Å². The second-order valence-corrected chi connectivity index (χ2v) is 3.38. The fraction of sp³-hybridized carbons (Fsp3) is 0.333. The molecule has 1 aromatic carbocycles. The minimum Gasteiger partial charge on any atom is -1.00 e. The molecule has 0 aromatic heterocycles. The van der Waals surface area contributed by atoms with E-state index in [2.05, 4.69) is 0 Å². The number of hydrogen-bond donors (Lipinski definition) is 1. The summed E-state index contributed by atoms with van der Waals surface area (Å²) < 4.78 is 0. The third kappa shape index (κ3) is 3.94. The molecule has 0 heterocycles. The van der Waals surface area contributed by atoms with Crippen LogP contribution in [0.15, 0.2) is 24.3 Å². The molecule has 16 heavy (non-hydrogen) atoms. The van der Waals surface area contributed by atoms with Crippen LogP contribution in [-0.4, -0.2) is 39.9 Å². The first-order chi connectivity index (χ1) is 7.16. The molecule has 0 amide bonds. The number of unbranched alkanes of at least 4 members (excludes halogenated alkanes) is 1. The predicted octanol–water partition coefficient (Wildman–Crippen LogP) is 2.60. The van der Waals surface area contributed by atoms with E-state index in [4.69, 9.17) is 5.11 Å². The van der Waals surface area contributed by atoms with Crippen LogP contribution in [0.25, 0.3) is 0 Å². The van der Waals surface area contributed by atoms with Gasteiger partial charge in [0.2, 0.25) is 0 Å². The summed E-state index contributed by atoms with van der Waals surface area (Å²) in [6.45, 7) is 2.00. The number of hydrogen-bond acceptors (Lipinski definition) is 2. The van der Waals surface area contributed by atoms with Gasteiger partial charge in [-0.3, -0.25) is 4.79 Å². The van der Waals surface area contributed by atoms with Gasteiger partial charge < -0.3 is 7.96 Å². The molecule has 84 valence electrons. The van der Waals surface area contributed by atoms with Crippen molar-refractivity contribution in [1.82, 2.24) is 0 Å². The second kappa shape index (κ2) is 7.41. The zero-order chi connectivity index (χ0) is 11.3. The average molecular weight is 233 g/mol. The minimum atomic E-state index is -1.05. The molecule has 0 aliphatic carbocycles. The van der Waals surface area contributed by atoms with Crippen LogP contribution in [0.4, 0.5) is 0 Å². The number of rotatable bonds is 5. The number of carboxylic acid groups (broad SMARTS) is 1. The summed E-state index contributed by atoms with van der Waals surface area (Å²) in [6, 6.07) is 6.34. The standard InChI is InChI=1S/C12H14O3.Mg.2H/c1-2-3-8-11(13)9-6-4-5-7-10(9)12(14)15;;;/h4-7H,2-3,8H2,1H3,(H,14,15);;;/q;+2;2*-1.